The number of nitrogen functional groups attached to an aromatic ring is 1. The lowest BCUT2D eigenvalue weighted by atomic mass is 10.2. The Morgan fingerprint density at radius 3 is 2.90 bits per heavy atom. The second-order valence-corrected chi connectivity index (χ2v) is 6.71. The fraction of sp³-hybridized carbons (Fsp3) is 0.200. The fourth-order valence-electron chi connectivity index (χ4n) is 1.88. The van der Waals surface area contributed by atoms with E-state index in [9.17, 15) is 0 Å². The Kier molecular flexibility index (Phi) is 3.98. The van der Waals surface area contributed by atoms with E-state index in [0.717, 1.165) is 16.1 Å². The van der Waals surface area contributed by atoms with Gasteiger partial charge in [-0.3, -0.25) is 0 Å². The number of nitrogens with zero attached hydrogens (tertiary/aromatic N) is 2. The van der Waals surface area contributed by atoms with Gasteiger partial charge in [0.05, 0.1) is 11.4 Å². The monoisotopic (exact) mass is 317 g/mol. The van der Waals surface area contributed by atoms with Gasteiger partial charge in [-0.1, -0.05) is 22.9 Å². The first kappa shape index (κ1) is 14.2. The molecule has 0 unspecified atom stereocenters. The second kappa shape index (κ2) is 5.91. The Bertz CT molecular complexity index is 764. The molecule has 2 N–H and O–H groups in total. The highest BCUT2D eigenvalue weighted by Gasteiger charge is 2.15. The molecule has 0 saturated heterocycles. The minimum Gasteiger partial charge on any atom is -0.397 e. The Labute approximate surface area is 131 Å². The van der Waals surface area contributed by atoms with Crippen molar-refractivity contribution in [2.24, 2.45) is 0 Å². The summed E-state index contributed by atoms with van der Waals surface area (Å²) in [6.45, 7) is 4.05. The molecule has 2 heterocycles. The third-order valence-corrected chi connectivity index (χ3v) is 5.13. The molecule has 0 aliphatic heterocycles. The number of aromatic nitrogens is 2. The molecule has 0 aliphatic rings. The molecule has 6 heteroatoms. The highest BCUT2D eigenvalue weighted by atomic mass is 32.2. The number of hydrogen-bond donors (Lipinski definition) is 1. The Morgan fingerprint density at radius 2 is 2.19 bits per heavy atom. The first-order chi connectivity index (χ1) is 10.1. The van der Waals surface area contributed by atoms with Gasteiger partial charge in [0.15, 0.2) is 5.82 Å². The van der Waals surface area contributed by atoms with Gasteiger partial charge in [-0.2, -0.15) is 4.98 Å². The van der Waals surface area contributed by atoms with Crippen molar-refractivity contribution in [2.75, 3.05) is 5.73 Å². The van der Waals surface area contributed by atoms with Crippen LogP contribution in [0.2, 0.25) is 0 Å². The highest BCUT2D eigenvalue weighted by Crippen LogP contribution is 2.34. The second-order valence-electron chi connectivity index (χ2n) is 4.78. The van der Waals surface area contributed by atoms with E-state index in [2.05, 4.69) is 41.3 Å². The van der Waals surface area contributed by atoms with E-state index in [1.165, 1.54) is 21.8 Å². The first-order valence-corrected chi connectivity index (χ1v) is 8.36. The van der Waals surface area contributed by atoms with Crippen molar-refractivity contribution in [3.05, 3.63) is 46.6 Å². The number of thioether (sulfide) groups is 1. The smallest absolute Gasteiger partial charge is 0.270 e. The number of thiophene rings is 1. The summed E-state index contributed by atoms with van der Waals surface area (Å²) in [5.74, 6) is 1.87. The molecule has 0 amide bonds. The van der Waals surface area contributed by atoms with Crippen molar-refractivity contribution in [2.45, 2.75) is 24.5 Å². The fourth-order valence-corrected chi connectivity index (χ4v) is 3.63. The molecule has 108 valence electrons. The average molecular weight is 317 g/mol. The number of anilines is 1. The van der Waals surface area contributed by atoms with Crippen molar-refractivity contribution < 1.29 is 4.52 Å². The molecule has 3 aromatic rings. The van der Waals surface area contributed by atoms with Crippen molar-refractivity contribution in [1.29, 1.82) is 0 Å². The van der Waals surface area contributed by atoms with Crippen LogP contribution in [0.1, 0.15) is 17.0 Å². The molecule has 1 aromatic carbocycles. The van der Waals surface area contributed by atoms with Crippen LogP contribution in [0.4, 0.5) is 5.69 Å². The van der Waals surface area contributed by atoms with Crippen LogP contribution in [0.3, 0.4) is 0 Å². The van der Waals surface area contributed by atoms with E-state index in [0.29, 0.717) is 17.5 Å². The maximum atomic E-state index is 6.00. The maximum Gasteiger partial charge on any atom is 0.270 e. The lowest BCUT2D eigenvalue weighted by Gasteiger charge is -1.99. The molecular weight excluding hydrogens is 302 g/mol. The maximum absolute atomic E-state index is 6.00. The molecule has 0 spiro atoms. The molecule has 2 aromatic heterocycles. The summed E-state index contributed by atoms with van der Waals surface area (Å²) in [4.78, 5) is 6.48. The molecule has 0 saturated carbocycles. The van der Waals surface area contributed by atoms with Crippen LogP contribution in [0.25, 0.3) is 10.8 Å². The van der Waals surface area contributed by atoms with E-state index in [-0.39, 0.29) is 0 Å². The van der Waals surface area contributed by atoms with Crippen molar-refractivity contribution >= 4 is 28.8 Å². The van der Waals surface area contributed by atoms with E-state index in [4.69, 9.17) is 10.3 Å². The van der Waals surface area contributed by atoms with E-state index in [1.807, 2.05) is 12.3 Å². The molecule has 0 atom stereocenters. The van der Waals surface area contributed by atoms with Gasteiger partial charge in [0.25, 0.3) is 5.89 Å². The molecule has 0 bridgehead atoms. The van der Waals surface area contributed by atoms with Crippen LogP contribution in [0.15, 0.2) is 39.1 Å². The summed E-state index contributed by atoms with van der Waals surface area (Å²) >= 11 is 3.22. The number of aryl methyl sites for hydroxylation is 2. The SMILES string of the molecule is Cc1cccc(SCc2noc(-c3scc(C)c3N)n2)c1. The van der Waals surface area contributed by atoms with Crippen LogP contribution in [0.5, 0.6) is 0 Å². The minimum atomic E-state index is 0.505. The highest BCUT2D eigenvalue weighted by molar-refractivity contribution is 7.98. The van der Waals surface area contributed by atoms with Crippen molar-refractivity contribution in [3.8, 4) is 10.8 Å². The van der Waals surface area contributed by atoms with Crippen LogP contribution in [-0.4, -0.2) is 10.1 Å². The zero-order valence-corrected chi connectivity index (χ0v) is 13.4. The van der Waals surface area contributed by atoms with Gasteiger partial charge in [0.2, 0.25) is 0 Å². The molecule has 0 radical (unpaired) electrons. The van der Waals surface area contributed by atoms with Gasteiger partial charge in [-0.15, -0.1) is 23.1 Å². The number of nitrogens with two attached hydrogens (primary N) is 1. The Balaban J connectivity index is 1.72. The lowest BCUT2D eigenvalue weighted by molar-refractivity contribution is 0.426. The van der Waals surface area contributed by atoms with Gasteiger partial charge in [0.1, 0.15) is 4.88 Å². The van der Waals surface area contributed by atoms with Gasteiger partial charge < -0.3 is 10.3 Å². The van der Waals surface area contributed by atoms with Crippen molar-refractivity contribution in [3.63, 3.8) is 0 Å². The van der Waals surface area contributed by atoms with Gasteiger partial charge in [-0.25, -0.2) is 0 Å². The quantitative estimate of drug-likeness (QED) is 0.727. The molecule has 0 fully saturated rings. The summed E-state index contributed by atoms with van der Waals surface area (Å²) in [7, 11) is 0. The molecule has 3 rings (SSSR count). The zero-order chi connectivity index (χ0) is 14.8. The zero-order valence-electron chi connectivity index (χ0n) is 11.8. The third-order valence-electron chi connectivity index (χ3n) is 3.04. The summed E-state index contributed by atoms with van der Waals surface area (Å²) in [5.41, 5.74) is 9.02. The normalized spacial score (nSPS) is 11.0. The summed E-state index contributed by atoms with van der Waals surface area (Å²) < 4.78 is 5.31. The molecule has 0 aliphatic carbocycles. The predicted octanol–water partition coefficient (Wildman–Crippen LogP) is 4.29. The lowest BCUT2D eigenvalue weighted by Crippen LogP contribution is -1.88. The standard InChI is InChI=1S/C15H15N3OS2/c1-9-4-3-5-11(6-9)20-8-12-17-15(19-18-12)14-13(16)10(2)7-21-14/h3-7H,8,16H2,1-2H3. The average Bonchev–Trinajstić information content (AvgIpc) is 3.05. The Morgan fingerprint density at radius 1 is 1.33 bits per heavy atom. The summed E-state index contributed by atoms with van der Waals surface area (Å²) in [6, 6.07) is 8.36. The summed E-state index contributed by atoms with van der Waals surface area (Å²) in [6.07, 6.45) is 0. The van der Waals surface area contributed by atoms with Gasteiger partial charge in [-0.05, 0) is 36.9 Å². The summed E-state index contributed by atoms with van der Waals surface area (Å²) in [5, 5.41) is 6.02. The predicted molar refractivity (Wildman–Crippen MR) is 87.5 cm³/mol. The van der Waals surface area contributed by atoms with E-state index >= 15 is 0 Å². The van der Waals surface area contributed by atoms with Crippen LogP contribution in [-0.2, 0) is 5.75 Å². The van der Waals surface area contributed by atoms with Crippen molar-refractivity contribution in [1.82, 2.24) is 10.1 Å². The van der Waals surface area contributed by atoms with Crippen LogP contribution in [0, 0.1) is 13.8 Å². The topological polar surface area (TPSA) is 64.9 Å². The molecular formula is C15H15N3OS2. The Hall–Kier alpha value is -1.79. The van der Waals surface area contributed by atoms with Gasteiger partial charge >= 0.3 is 0 Å². The number of benzene rings is 1. The van der Waals surface area contributed by atoms with E-state index < -0.39 is 0 Å². The minimum absolute atomic E-state index is 0.505. The van der Waals surface area contributed by atoms with Gasteiger partial charge in [0, 0.05) is 4.90 Å². The van der Waals surface area contributed by atoms with Crippen LogP contribution >= 0.6 is 23.1 Å². The third kappa shape index (κ3) is 3.11. The molecule has 4 nitrogen and oxygen atoms in total. The largest absolute Gasteiger partial charge is 0.397 e. The number of hydrogen-bond acceptors (Lipinski definition) is 6. The number of rotatable bonds is 4. The molecule has 21 heavy (non-hydrogen) atoms. The first-order valence-electron chi connectivity index (χ1n) is 6.49. The van der Waals surface area contributed by atoms with Crippen LogP contribution < -0.4 is 5.73 Å². The van der Waals surface area contributed by atoms with E-state index in [1.54, 1.807) is 11.8 Å².